The fourth-order valence-electron chi connectivity index (χ4n) is 2.12. The van der Waals surface area contributed by atoms with Gasteiger partial charge in [0.05, 0.1) is 0 Å². The number of aromatic hydroxyl groups is 1. The van der Waals surface area contributed by atoms with Crippen molar-refractivity contribution in [3.05, 3.63) is 59.7 Å². The van der Waals surface area contributed by atoms with Crippen molar-refractivity contribution in [3.63, 3.8) is 0 Å². The molecule has 2 rings (SSSR count). The Morgan fingerprint density at radius 3 is 2.21 bits per heavy atom. The third kappa shape index (κ3) is 4.35. The van der Waals surface area contributed by atoms with Gasteiger partial charge in [0.25, 0.3) is 5.91 Å². The van der Waals surface area contributed by atoms with E-state index >= 15 is 0 Å². The van der Waals surface area contributed by atoms with Crippen LogP contribution in [-0.2, 0) is 9.53 Å². The molecule has 0 spiro atoms. The molecule has 0 radical (unpaired) electrons. The molecule has 0 aromatic heterocycles. The zero-order chi connectivity index (χ0) is 17.7. The predicted octanol–water partition coefficient (Wildman–Crippen LogP) is 3.70. The lowest BCUT2D eigenvalue weighted by Crippen LogP contribution is -2.30. The number of ether oxygens (including phenoxy) is 1. The molecule has 2 N–H and O–H groups in total. The second-order valence-corrected chi connectivity index (χ2v) is 5.83. The van der Waals surface area contributed by atoms with E-state index in [1.807, 2.05) is 24.3 Å². The van der Waals surface area contributed by atoms with Crippen LogP contribution in [0.5, 0.6) is 5.75 Å². The van der Waals surface area contributed by atoms with Crippen LogP contribution in [0.3, 0.4) is 0 Å². The van der Waals surface area contributed by atoms with Gasteiger partial charge in [0, 0.05) is 5.69 Å². The summed E-state index contributed by atoms with van der Waals surface area (Å²) >= 11 is 0. The fourth-order valence-corrected chi connectivity index (χ4v) is 2.12. The van der Waals surface area contributed by atoms with Crippen LogP contribution in [0.2, 0.25) is 0 Å². The molecule has 0 heterocycles. The molecule has 24 heavy (non-hydrogen) atoms. The first-order valence-electron chi connectivity index (χ1n) is 7.78. The molecule has 126 valence electrons. The first kappa shape index (κ1) is 17.5. The number of rotatable bonds is 5. The molecule has 0 bridgehead atoms. The highest BCUT2D eigenvalue weighted by molar-refractivity contribution is 5.98. The average molecular weight is 327 g/mol. The van der Waals surface area contributed by atoms with E-state index in [2.05, 4.69) is 19.2 Å². The van der Waals surface area contributed by atoms with E-state index in [-0.39, 0.29) is 11.3 Å². The molecule has 0 saturated heterocycles. The van der Waals surface area contributed by atoms with Crippen LogP contribution >= 0.6 is 0 Å². The van der Waals surface area contributed by atoms with E-state index < -0.39 is 18.0 Å². The molecule has 0 aliphatic carbocycles. The Kier molecular flexibility index (Phi) is 5.58. The Morgan fingerprint density at radius 1 is 1.00 bits per heavy atom. The van der Waals surface area contributed by atoms with Crippen LogP contribution in [0.1, 0.15) is 42.6 Å². The molecule has 0 aliphatic rings. The second kappa shape index (κ2) is 7.64. The van der Waals surface area contributed by atoms with Crippen LogP contribution in [0.25, 0.3) is 0 Å². The van der Waals surface area contributed by atoms with Crippen LogP contribution in [0.4, 0.5) is 5.69 Å². The molecule has 2 aromatic rings. The van der Waals surface area contributed by atoms with Crippen molar-refractivity contribution in [1.82, 2.24) is 0 Å². The summed E-state index contributed by atoms with van der Waals surface area (Å²) in [5.41, 5.74) is 1.83. The Bertz CT molecular complexity index is 722. The SMILES string of the molecule is CC(C)c1ccc(NC(=O)[C@H](C)OC(=O)c2ccccc2O)cc1. The van der Waals surface area contributed by atoms with E-state index in [0.717, 1.165) is 0 Å². The highest BCUT2D eigenvalue weighted by Gasteiger charge is 2.20. The van der Waals surface area contributed by atoms with Crippen molar-refractivity contribution in [2.24, 2.45) is 0 Å². The number of hydrogen-bond acceptors (Lipinski definition) is 4. The standard InChI is InChI=1S/C19H21NO4/c1-12(2)14-8-10-15(11-9-14)20-18(22)13(3)24-19(23)16-6-4-5-7-17(16)21/h4-13,21H,1-3H3,(H,20,22)/t13-/m0/s1. The largest absolute Gasteiger partial charge is 0.507 e. The van der Waals surface area contributed by atoms with Gasteiger partial charge >= 0.3 is 5.97 Å². The van der Waals surface area contributed by atoms with Gasteiger partial charge in [-0.25, -0.2) is 4.79 Å². The Morgan fingerprint density at radius 2 is 1.62 bits per heavy atom. The third-order valence-electron chi connectivity index (χ3n) is 3.62. The number of nitrogens with one attached hydrogen (secondary N) is 1. The molecule has 5 nitrogen and oxygen atoms in total. The first-order valence-corrected chi connectivity index (χ1v) is 7.78. The van der Waals surface area contributed by atoms with E-state index in [4.69, 9.17) is 4.74 Å². The maximum atomic E-state index is 12.1. The maximum Gasteiger partial charge on any atom is 0.342 e. The highest BCUT2D eigenvalue weighted by Crippen LogP contribution is 2.19. The number of benzene rings is 2. The number of anilines is 1. The summed E-state index contributed by atoms with van der Waals surface area (Å²) < 4.78 is 5.10. The van der Waals surface area contributed by atoms with E-state index in [0.29, 0.717) is 11.6 Å². The monoisotopic (exact) mass is 327 g/mol. The lowest BCUT2D eigenvalue weighted by molar-refractivity contribution is -0.123. The van der Waals surface area contributed by atoms with E-state index in [1.165, 1.54) is 24.6 Å². The normalized spacial score (nSPS) is 11.8. The summed E-state index contributed by atoms with van der Waals surface area (Å²) in [7, 11) is 0. The summed E-state index contributed by atoms with van der Waals surface area (Å²) in [6.45, 7) is 5.66. The number of carbonyl (C=O) groups excluding carboxylic acids is 2. The van der Waals surface area contributed by atoms with Gasteiger partial charge in [-0.1, -0.05) is 38.1 Å². The van der Waals surface area contributed by atoms with Crippen LogP contribution in [0, 0.1) is 0 Å². The molecule has 0 unspecified atom stereocenters. The topological polar surface area (TPSA) is 75.6 Å². The lowest BCUT2D eigenvalue weighted by Gasteiger charge is -2.14. The minimum absolute atomic E-state index is 0.0263. The summed E-state index contributed by atoms with van der Waals surface area (Å²) in [6, 6.07) is 13.5. The van der Waals surface area contributed by atoms with Gasteiger partial charge < -0.3 is 15.2 Å². The molecule has 5 heteroatoms. The zero-order valence-electron chi connectivity index (χ0n) is 13.9. The summed E-state index contributed by atoms with van der Waals surface area (Å²) in [6.07, 6.45) is -0.984. The average Bonchev–Trinajstić information content (AvgIpc) is 2.55. The minimum atomic E-state index is -0.984. The Hall–Kier alpha value is -2.82. The van der Waals surface area contributed by atoms with Crippen LogP contribution in [-0.4, -0.2) is 23.1 Å². The fraction of sp³-hybridized carbons (Fsp3) is 0.263. The van der Waals surface area contributed by atoms with Gasteiger partial charge in [0.1, 0.15) is 11.3 Å². The molecule has 0 fully saturated rings. The van der Waals surface area contributed by atoms with Crippen molar-refractivity contribution < 1.29 is 19.4 Å². The number of para-hydroxylation sites is 1. The second-order valence-electron chi connectivity index (χ2n) is 5.83. The van der Waals surface area contributed by atoms with Gasteiger partial charge in [-0.15, -0.1) is 0 Å². The van der Waals surface area contributed by atoms with E-state index in [9.17, 15) is 14.7 Å². The molecule has 1 atom stereocenters. The van der Waals surface area contributed by atoms with Crippen LogP contribution < -0.4 is 5.32 Å². The van der Waals surface area contributed by atoms with Gasteiger partial charge in [0.15, 0.2) is 6.10 Å². The van der Waals surface area contributed by atoms with Gasteiger partial charge in [-0.3, -0.25) is 4.79 Å². The zero-order valence-corrected chi connectivity index (χ0v) is 13.9. The molecule has 0 aliphatic heterocycles. The number of esters is 1. The number of phenolic OH excluding ortho intramolecular Hbond substituents is 1. The molecular weight excluding hydrogens is 306 g/mol. The predicted molar refractivity (Wildman–Crippen MR) is 92.1 cm³/mol. The number of hydrogen-bond donors (Lipinski definition) is 2. The summed E-state index contributed by atoms with van der Waals surface area (Å²) in [5.74, 6) is -0.950. The lowest BCUT2D eigenvalue weighted by atomic mass is 10.0. The van der Waals surface area contributed by atoms with Gasteiger partial charge in [-0.05, 0) is 42.7 Å². The Labute approximate surface area is 141 Å². The third-order valence-corrected chi connectivity index (χ3v) is 3.62. The van der Waals surface area contributed by atoms with Crippen molar-refractivity contribution in [2.75, 3.05) is 5.32 Å². The quantitative estimate of drug-likeness (QED) is 0.821. The highest BCUT2D eigenvalue weighted by atomic mass is 16.5. The summed E-state index contributed by atoms with van der Waals surface area (Å²) in [5, 5.41) is 12.3. The smallest absolute Gasteiger partial charge is 0.342 e. The minimum Gasteiger partial charge on any atom is -0.507 e. The molecular formula is C19H21NO4. The number of amides is 1. The number of carbonyl (C=O) groups is 2. The molecule has 2 aromatic carbocycles. The van der Waals surface area contributed by atoms with Gasteiger partial charge in [-0.2, -0.15) is 0 Å². The van der Waals surface area contributed by atoms with Crippen molar-refractivity contribution >= 4 is 17.6 Å². The van der Waals surface area contributed by atoms with Crippen molar-refractivity contribution in [1.29, 1.82) is 0 Å². The molecule has 0 saturated carbocycles. The molecule has 1 amide bonds. The number of phenols is 1. The Balaban J connectivity index is 1.97. The first-order chi connectivity index (χ1) is 11.4. The van der Waals surface area contributed by atoms with E-state index in [1.54, 1.807) is 12.1 Å². The van der Waals surface area contributed by atoms with Crippen molar-refractivity contribution in [2.45, 2.75) is 32.8 Å². The van der Waals surface area contributed by atoms with Gasteiger partial charge in [0.2, 0.25) is 0 Å². The maximum absolute atomic E-state index is 12.1. The summed E-state index contributed by atoms with van der Waals surface area (Å²) in [4.78, 5) is 24.1. The van der Waals surface area contributed by atoms with Crippen molar-refractivity contribution in [3.8, 4) is 5.75 Å². The van der Waals surface area contributed by atoms with Crippen LogP contribution in [0.15, 0.2) is 48.5 Å².